The van der Waals surface area contributed by atoms with Crippen molar-refractivity contribution >= 4 is 21.7 Å². The molecule has 3 rings (SSSR count). The Morgan fingerprint density at radius 1 is 1.35 bits per heavy atom. The van der Waals surface area contributed by atoms with Crippen LogP contribution in [0.2, 0.25) is 0 Å². The first-order chi connectivity index (χ1) is 11.0. The van der Waals surface area contributed by atoms with Crippen molar-refractivity contribution in [2.75, 3.05) is 0 Å². The normalized spacial score (nSPS) is 10.9. The molecule has 0 bridgehead atoms. The zero-order valence-electron chi connectivity index (χ0n) is 11.6. The number of Topliss-reactive ketones (excluding diaryl/α,β-unsaturated/α-hetero) is 1. The maximum absolute atomic E-state index is 13.4. The Labute approximate surface area is 136 Å². The maximum Gasteiger partial charge on any atom is 0.446 e. The Balaban J connectivity index is 2.16. The van der Waals surface area contributed by atoms with E-state index in [9.17, 15) is 14.0 Å². The van der Waals surface area contributed by atoms with Gasteiger partial charge in [-0.2, -0.15) is 0 Å². The molecule has 1 aromatic carbocycles. The molecule has 0 saturated carbocycles. The Morgan fingerprint density at radius 3 is 2.83 bits per heavy atom. The van der Waals surface area contributed by atoms with Gasteiger partial charge in [-0.3, -0.25) is 9.32 Å². The first-order valence-corrected chi connectivity index (χ1v) is 7.12. The molecule has 0 amide bonds. The Bertz CT molecular complexity index is 946. The van der Waals surface area contributed by atoms with E-state index < -0.39 is 11.6 Å². The van der Waals surface area contributed by atoms with Crippen molar-refractivity contribution in [1.29, 1.82) is 0 Å². The van der Waals surface area contributed by atoms with Gasteiger partial charge in [-0.05, 0) is 46.2 Å². The largest absolute Gasteiger partial charge is 0.446 e. The van der Waals surface area contributed by atoms with Crippen LogP contribution in [-0.4, -0.2) is 25.8 Å². The van der Waals surface area contributed by atoms with Gasteiger partial charge in [0, 0.05) is 0 Å². The minimum atomic E-state index is -0.796. The third kappa shape index (κ3) is 2.84. The lowest BCUT2D eigenvalue weighted by molar-refractivity contribution is -0.116. The van der Waals surface area contributed by atoms with Crippen molar-refractivity contribution < 1.29 is 18.3 Å². The van der Waals surface area contributed by atoms with Crippen molar-refractivity contribution in [1.82, 2.24) is 20.0 Å². The molecule has 0 spiro atoms. The van der Waals surface area contributed by atoms with Crippen molar-refractivity contribution in [3.63, 3.8) is 0 Å². The second kappa shape index (κ2) is 5.88. The van der Waals surface area contributed by atoms with E-state index >= 15 is 0 Å². The second-order valence-electron chi connectivity index (χ2n) is 4.64. The fraction of sp³-hybridized carbons (Fsp3) is 0.154. The SMILES string of the molecule is CC(=O)Cc1nonc1-c1noc(=O)n1-c1ccc(F)c(Br)c1. The number of carbonyl (C=O) groups excluding carboxylic acids is 1. The van der Waals surface area contributed by atoms with Crippen molar-refractivity contribution in [3.05, 3.63) is 44.7 Å². The number of halogens is 2. The van der Waals surface area contributed by atoms with Crippen LogP contribution in [-0.2, 0) is 11.2 Å². The maximum atomic E-state index is 13.4. The molecule has 0 saturated heterocycles. The lowest BCUT2D eigenvalue weighted by Crippen LogP contribution is -2.14. The van der Waals surface area contributed by atoms with Crippen LogP contribution in [0, 0.1) is 5.82 Å². The molecule has 23 heavy (non-hydrogen) atoms. The molecule has 2 aromatic heterocycles. The van der Waals surface area contributed by atoms with Gasteiger partial charge in [0.1, 0.15) is 17.3 Å². The highest BCUT2D eigenvalue weighted by Crippen LogP contribution is 2.24. The third-order valence-corrected chi connectivity index (χ3v) is 3.56. The predicted molar refractivity (Wildman–Crippen MR) is 77.4 cm³/mol. The van der Waals surface area contributed by atoms with Crippen LogP contribution in [0.25, 0.3) is 17.2 Å². The van der Waals surface area contributed by atoms with Crippen molar-refractivity contribution in [2.24, 2.45) is 0 Å². The first kappa shape index (κ1) is 15.3. The van der Waals surface area contributed by atoms with E-state index in [0.717, 1.165) is 4.57 Å². The van der Waals surface area contributed by atoms with Gasteiger partial charge in [0.15, 0.2) is 5.69 Å². The van der Waals surface area contributed by atoms with E-state index in [0.29, 0.717) is 5.69 Å². The lowest BCUT2D eigenvalue weighted by Gasteiger charge is -2.04. The third-order valence-electron chi connectivity index (χ3n) is 2.95. The van der Waals surface area contributed by atoms with Gasteiger partial charge < -0.3 is 0 Å². The van der Waals surface area contributed by atoms with Gasteiger partial charge in [-0.15, -0.1) is 0 Å². The molecule has 0 N–H and O–H groups in total. The van der Waals surface area contributed by atoms with Crippen LogP contribution in [0.1, 0.15) is 12.6 Å². The summed E-state index contributed by atoms with van der Waals surface area (Å²) in [6.07, 6.45) is -0.0347. The summed E-state index contributed by atoms with van der Waals surface area (Å²) in [5.74, 6) is -1.44. The second-order valence-corrected chi connectivity index (χ2v) is 5.50. The molecule has 0 unspecified atom stereocenters. The predicted octanol–water partition coefficient (Wildman–Crippen LogP) is 1.91. The highest BCUT2D eigenvalue weighted by atomic mass is 79.9. The summed E-state index contributed by atoms with van der Waals surface area (Å²) in [5, 5.41) is 11.0. The van der Waals surface area contributed by atoms with Crippen LogP contribution in [0.3, 0.4) is 0 Å². The van der Waals surface area contributed by atoms with Crippen molar-refractivity contribution in [3.8, 4) is 17.2 Å². The van der Waals surface area contributed by atoms with E-state index in [1.807, 2.05) is 0 Å². The summed E-state index contributed by atoms with van der Waals surface area (Å²) < 4.78 is 23.9. The summed E-state index contributed by atoms with van der Waals surface area (Å²) in [7, 11) is 0. The number of carbonyl (C=O) groups is 1. The molecule has 0 aliphatic carbocycles. The van der Waals surface area contributed by atoms with Crippen LogP contribution in [0.15, 0.2) is 36.6 Å². The average Bonchev–Trinajstić information content (AvgIpc) is 3.08. The van der Waals surface area contributed by atoms with Crippen LogP contribution in [0.4, 0.5) is 4.39 Å². The quantitative estimate of drug-likeness (QED) is 0.678. The molecule has 0 atom stereocenters. The first-order valence-electron chi connectivity index (χ1n) is 6.32. The number of nitrogens with zero attached hydrogens (tertiary/aromatic N) is 4. The summed E-state index contributed by atoms with van der Waals surface area (Å²) >= 11 is 3.04. The van der Waals surface area contributed by atoms with Gasteiger partial charge >= 0.3 is 5.76 Å². The minimum absolute atomic E-state index is 0.00556. The Kier molecular flexibility index (Phi) is 3.90. The molecule has 8 nitrogen and oxygen atoms in total. The summed E-state index contributed by atoms with van der Waals surface area (Å²) in [6, 6.07) is 3.94. The Morgan fingerprint density at radius 2 is 2.13 bits per heavy atom. The minimum Gasteiger partial charge on any atom is -0.300 e. The van der Waals surface area contributed by atoms with Crippen LogP contribution >= 0.6 is 15.9 Å². The fourth-order valence-corrected chi connectivity index (χ4v) is 2.35. The van der Waals surface area contributed by atoms with Crippen LogP contribution in [0.5, 0.6) is 0 Å². The van der Waals surface area contributed by atoms with Gasteiger partial charge in [-0.25, -0.2) is 18.4 Å². The highest BCUT2D eigenvalue weighted by Gasteiger charge is 2.23. The zero-order chi connectivity index (χ0) is 16.6. The van der Waals surface area contributed by atoms with Gasteiger partial charge in [0.25, 0.3) is 0 Å². The topological polar surface area (TPSA) is 104 Å². The average molecular weight is 383 g/mol. The van der Waals surface area contributed by atoms with E-state index in [1.54, 1.807) is 0 Å². The number of aromatic nitrogens is 4. The monoisotopic (exact) mass is 382 g/mol. The summed E-state index contributed by atoms with van der Waals surface area (Å²) in [6.45, 7) is 1.38. The van der Waals surface area contributed by atoms with Crippen LogP contribution < -0.4 is 5.76 Å². The van der Waals surface area contributed by atoms with E-state index in [2.05, 4.69) is 40.6 Å². The molecular weight excluding hydrogens is 375 g/mol. The number of benzene rings is 1. The van der Waals surface area contributed by atoms with E-state index in [4.69, 9.17) is 0 Å². The molecular formula is C13H8BrFN4O4. The molecule has 0 aliphatic rings. The molecule has 10 heteroatoms. The summed E-state index contributed by atoms with van der Waals surface area (Å²) in [5.41, 5.74) is 0.628. The molecule has 2 heterocycles. The van der Waals surface area contributed by atoms with E-state index in [1.165, 1.54) is 25.1 Å². The molecule has 0 aliphatic heterocycles. The van der Waals surface area contributed by atoms with E-state index in [-0.39, 0.29) is 33.9 Å². The number of hydrogen-bond acceptors (Lipinski definition) is 7. The molecule has 0 fully saturated rings. The fourth-order valence-electron chi connectivity index (χ4n) is 1.98. The number of rotatable bonds is 4. The molecule has 0 radical (unpaired) electrons. The number of hydrogen-bond donors (Lipinski definition) is 0. The Hall–Kier alpha value is -2.62. The van der Waals surface area contributed by atoms with Gasteiger partial charge in [0.2, 0.25) is 5.82 Å². The lowest BCUT2D eigenvalue weighted by atomic mass is 10.2. The molecule has 3 aromatic rings. The number of ketones is 1. The van der Waals surface area contributed by atoms with Gasteiger partial charge in [0.05, 0.1) is 16.6 Å². The smallest absolute Gasteiger partial charge is 0.300 e. The highest BCUT2D eigenvalue weighted by molar-refractivity contribution is 9.10. The summed E-state index contributed by atoms with van der Waals surface area (Å²) in [4.78, 5) is 23.2. The zero-order valence-corrected chi connectivity index (χ0v) is 13.2. The molecule has 118 valence electrons. The standard InChI is InChI=1S/C13H8BrFN4O4/c1-6(20)4-10-11(17-23-16-10)12-18-22-13(21)19(12)7-2-3-9(15)8(14)5-7/h2-3,5H,4H2,1H3. The van der Waals surface area contributed by atoms with Crippen molar-refractivity contribution in [2.45, 2.75) is 13.3 Å². The van der Waals surface area contributed by atoms with Gasteiger partial charge in [-0.1, -0.05) is 10.3 Å².